The van der Waals surface area contributed by atoms with Crippen LogP contribution in [-0.2, 0) is 17.8 Å². The molecule has 0 aliphatic carbocycles. The van der Waals surface area contributed by atoms with E-state index in [0.29, 0.717) is 12.2 Å². The topological polar surface area (TPSA) is 102 Å². The molecule has 19 heavy (non-hydrogen) atoms. The lowest BCUT2D eigenvalue weighted by Gasteiger charge is -2.30. The Kier molecular flexibility index (Phi) is 2.43. The molecule has 1 aromatic heterocycles. The van der Waals surface area contributed by atoms with E-state index in [9.17, 15) is 9.59 Å². The maximum Gasteiger partial charge on any atom is 0.270 e. The van der Waals surface area contributed by atoms with Crippen LogP contribution in [0.3, 0.4) is 0 Å². The van der Waals surface area contributed by atoms with Crippen LogP contribution < -0.4 is 16.4 Å². The highest BCUT2D eigenvalue weighted by molar-refractivity contribution is 5.97. The van der Waals surface area contributed by atoms with Gasteiger partial charge in [0, 0.05) is 30.6 Å². The first kappa shape index (κ1) is 12.2. The molecule has 7 heteroatoms. The Labute approximate surface area is 110 Å². The number of carbonyl (C=O) groups is 2. The van der Waals surface area contributed by atoms with Crippen LogP contribution in [0.25, 0.3) is 0 Å². The Balaban J connectivity index is 2.12. The molecule has 3 heterocycles. The molecule has 2 aliphatic rings. The summed E-state index contributed by atoms with van der Waals surface area (Å²) in [6.07, 6.45) is 0.723. The minimum absolute atomic E-state index is 0.0593. The van der Waals surface area contributed by atoms with Crippen molar-refractivity contribution in [2.75, 3.05) is 6.54 Å². The first-order chi connectivity index (χ1) is 8.89. The molecule has 0 saturated carbocycles. The van der Waals surface area contributed by atoms with Crippen molar-refractivity contribution in [3.8, 4) is 0 Å². The third kappa shape index (κ3) is 1.81. The summed E-state index contributed by atoms with van der Waals surface area (Å²) < 4.78 is 1.49. The fraction of sp³-hybridized carbons (Fsp3) is 0.583. The number of primary amides is 1. The zero-order valence-corrected chi connectivity index (χ0v) is 11.0. The van der Waals surface area contributed by atoms with Crippen LogP contribution >= 0.6 is 0 Å². The molecule has 0 fully saturated rings. The predicted octanol–water partition coefficient (Wildman–Crippen LogP) is -0.923. The second-order valence-electron chi connectivity index (χ2n) is 5.76. The van der Waals surface area contributed by atoms with Crippen LogP contribution in [0.15, 0.2) is 0 Å². The van der Waals surface area contributed by atoms with E-state index in [1.807, 2.05) is 0 Å². The molecule has 3 rings (SSSR count). The number of hydrogen-bond donors (Lipinski definition) is 3. The Morgan fingerprint density at radius 2 is 2.26 bits per heavy atom. The van der Waals surface area contributed by atoms with Gasteiger partial charge in [-0.2, -0.15) is 5.10 Å². The Bertz CT molecular complexity index is 575. The number of carbonyl (C=O) groups excluding carboxylic acids is 2. The monoisotopic (exact) mass is 263 g/mol. The first-order valence-electron chi connectivity index (χ1n) is 6.32. The summed E-state index contributed by atoms with van der Waals surface area (Å²) >= 11 is 0. The van der Waals surface area contributed by atoms with Gasteiger partial charge in [0.25, 0.3) is 5.91 Å². The van der Waals surface area contributed by atoms with Crippen molar-refractivity contribution in [2.45, 2.75) is 38.4 Å². The van der Waals surface area contributed by atoms with Crippen molar-refractivity contribution in [2.24, 2.45) is 5.73 Å². The van der Waals surface area contributed by atoms with E-state index in [0.717, 1.165) is 17.7 Å². The molecule has 1 unspecified atom stereocenters. The summed E-state index contributed by atoms with van der Waals surface area (Å²) in [6, 6.07) is -0.596. The third-order valence-electron chi connectivity index (χ3n) is 3.74. The number of nitrogens with two attached hydrogens (primary N) is 1. The average molecular weight is 263 g/mol. The van der Waals surface area contributed by atoms with E-state index in [4.69, 9.17) is 5.73 Å². The van der Waals surface area contributed by atoms with Crippen molar-refractivity contribution in [1.29, 1.82) is 0 Å². The van der Waals surface area contributed by atoms with E-state index in [1.54, 1.807) is 0 Å². The fourth-order valence-corrected chi connectivity index (χ4v) is 2.70. The molecule has 0 aromatic carbocycles. The van der Waals surface area contributed by atoms with Gasteiger partial charge in [-0.3, -0.25) is 9.59 Å². The highest BCUT2D eigenvalue weighted by atomic mass is 16.2. The zero-order valence-electron chi connectivity index (χ0n) is 11.0. The lowest BCUT2D eigenvalue weighted by molar-refractivity contribution is -0.121. The molecule has 4 N–H and O–H groups in total. The molecule has 102 valence electrons. The zero-order chi connectivity index (χ0) is 13.8. The van der Waals surface area contributed by atoms with Crippen LogP contribution in [0, 0.1) is 0 Å². The Morgan fingerprint density at radius 3 is 2.95 bits per heavy atom. The lowest BCUT2D eigenvalue weighted by Crippen LogP contribution is -2.46. The summed E-state index contributed by atoms with van der Waals surface area (Å²) in [5.41, 5.74) is 7.53. The van der Waals surface area contributed by atoms with Gasteiger partial charge < -0.3 is 16.4 Å². The van der Waals surface area contributed by atoms with Crippen molar-refractivity contribution >= 4 is 11.8 Å². The molecular weight excluding hydrogens is 246 g/mol. The standard InChI is InChI=1S/C12H17N5O2/c1-12(2)3-7-6(4-15-12)9-11(19)14-5-8(10(13)18)17(9)16-7/h8,15H,3-5H2,1-2H3,(H2,13,18)(H,14,19). The van der Waals surface area contributed by atoms with Gasteiger partial charge in [-0.05, 0) is 13.8 Å². The number of amides is 2. The molecule has 0 bridgehead atoms. The highest BCUT2D eigenvalue weighted by Crippen LogP contribution is 2.28. The molecule has 1 aromatic rings. The van der Waals surface area contributed by atoms with Crippen molar-refractivity contribution in [3.63, 3.8) is 0 Å². The summed E-state index contributed by atoms with van der Waals surface area (Å²) in [7, 11) is 0. The molecule has 0 spiro atoms. The number of hydrogen-bond acceptors (Lipinski definition) is 4. The van der Waals surface area contributed by atoms with Gasteiger partial charge >= 0.3 is 0 Å². The van der Waals surface area contributed by atoms with Crippen molar-refractivity contribution < 1.29 is 9.59 Å². The second-order valence-corrected chi connectivity index (χ2v) is 5.76. The number of rotatable bonds is 1. The van der Waals surface area contributed by atoms with Gasteiger partial charge in [0.2, 0.25) is 5.91 Å². The third-order valence-corrected chi connectivity index (χ3v) is 3.74. The maximum atomic E-state index is 12.0. The highest BCUT2D eigenvalue weighted by Gasteiger charge is 2.37. The second kappa shape index (κ2) is 3.80. The number of fused-ring (bicyclic) bond motifs is 3. The van der Waals surface area contributed by atoms with Crippen LogP contribution in [0.2, 0.25) is 0 Å². The molecular formula is C12H17N5O2. The summed E-state index contributed by atoms with van der Waals surface area (Å²) in [5, 5.41) is 10.5. The van der Waals surface area contributed by atoms with Gasteiger partial charge in [-0.15, -0.1) is 0 Å². The van der Waals surface area contributed by atoms with E-state index in [2.05, 4.69) is 29.6 Å². The molecule has 0 saturated heterocycles. The number of nitrogens with zero attached hydrogens (tertiary/aromatic N) is 2. The predicted molar refractivity (Wildman–Crippen MR) is 67.4 cm³/mol. The fourth-order valence-electron chi connectivity index (χ4n) is 2.70. The summed E-state index contributed by atoms with van der Waals surface area (Å²) in [4.78, 5) is 23.5. The Morgan fingerprint density at radius 1 is 1.53 bits per heavy atom. The van der Waals surface area contributed by atoms with Crippen molar-refractivity contribution in [1.82, 2.24) is 20.4 Å². The van der Waals surface area contributed by atoms with E-state index < -0.39 is 11.9 Å². The molecule has 1 atom stereocenters. The number of nitrogens with one attached hydrogen (secondary N) is 2. The smallest absolute Gasteiger partial charge is 0.270 e. The van der Waals surface area contributed by atoms with Crippen LogP contribution in [-0.4, -0.2) is 33.7 Å². The van der Waals surface area contributed by atoms with Crippen LogP contribution in [0.1, 0.15) is 41.6 Å². The largest absolute Gasteiger partial charge is 0.368 e. The molecule has 0 radical (unpaired) electrons. The lowest BCUT2D eigenvalue weighted by atomic mass is 9.91. The quantitative estimate of drug-likeness (QED) is 0.609. The van der Waals surface area contributed by atoms with E-state index in [-0.39, 0.29) is 18.0 Å². The maximum absolute atomic E-state index is 12.0. The van der Waals surface area contributed by atoms with Crippen LogP contribution in [0.5, 0.6) is 0 Å². The minimum atomic E-state index is -0.596. The molecule has 7 nitrogen and oxygen atoms in total. The summed E-state index contributed by atoms with van der Waals surface area (Å²) in [5.74, 6) is -0.666. The average Bonchev–Trinajstić information content (AvgIpc) is 2.65. The molecule has 2 aliphatic heterocycles. The number of aromatic nitrogens is 2. The van der Waals surface area contributed by atoms with Gasteiger partial charge in [0.05, 0.1) is 5.69 Å². The van der Waals surface area contributed by atoms with Crippen LogP contribution in [0.4, 0.5) is 0 Å². The Hall–Kier alpha value is -1.89. The minimum Gasteiger partial charge on any atom is -0.368 e. The summed E-state index contributed by atoms with van der Waals surface area (Å²) in [6.45, 7) is 4.95. The van der Waals surface area contributed by atoms with Gasteiger partial charge in [-0.25, -0.2) is 4.68 Å². The normalized spacial score (nSPS) is 24.3. The van der Waals surface area contributed by atoms with E-state index >= 15 is 0 Å². The molecule has 2 amide bonds. The SMILES string of the molecule is CC1(C)Cc2nn3c(c2CN1)C(=O)NCC3C(N)=O. The van der Waals surface area contributed by atoms with Crippen molar-refractivity contribution in [3.05, 3.63) is 17.0 Å². The van der Waals surface area contributed by atoms with E-state index in [1.165, 1.54) is 4.68 Å². The first-order valence-corrected chi connectivity index (χ1v) is 6.32. The van der Waals surface area contributed by atoms with Gasteiger partial charge in [0.1, 0.15) is 11.7 Å². The van der Waals surface area contributed by atoms with Gasteiger partial charge in [-0.1, -0.05) is 0 Å². The van der Waals surface area contributed by atoms with Gasteiger partial charge in [0.15, 0.2) is 0 Å².